The second-order valence-corrected chi connectivity index (χ2v) is 6.73. The van der Waals surface area contributed by atoms with Crippen molar-refractivity contribution >= 4 is 17.4 Å². The first-order valence-corrected chi connectivity index (χ1v) is 9.20. The predicted molar refractivity (Wildman–Crippen MR) is 102 cm³/mol. The number of hydrogen-bond donors (Lipinski definition) is 1. The lowest BCUT2D eigenvalue weighted by Crippen LogP contribution is -2.31. The maximum Gasteiger partial charge on any atom is 0.272 e. The van der Waals surface area contributed by atoms with Crippen molar-refractivity contribution < 1.29 is 13.5 Å². The fraction of sp³-hybridized carbons (Fsp3) is 0.368. The highest BCUT2D eigenvalue weighted by Crippen LogP contribution is 2.32. The minimum atomic E-state index is -2.56. The number of ether oxygens (including phenoxy) is 1. The quantitative estimate of drug-likeness (QED) is 0.544. The Morgan fingerprint density at radius 3 is 2.90 bits per heavy atom. The Labute approximate surface area is 171 Å². The number of hydrogen-bond acceptors (Lipinski definition) is 7. The van der Waals surface area contributed by atoms with Crippen LogP contribution in [0.4, 0.5) is 14.6 Å². The first kappa shape index (κ1) is 20.7. The van der Waals surface area contributed by atoms with Crippen molar-refractivity contribution in [1.82, 2.24) is 14.9 Å². The molecule has 0 aliphatic carbocycles. The molecule has 3 heterocycles. The van der Waals surface area contributed by atoms with E-state index in [1.54, 1.807) is 12.1 Å². The van der Waals surface area contributed by atoms with Gasteiger partial charge in [0.2, 0.25) is 5.88 Å². The number of fused-ring (bicyclic) bond motifs is 1. The van der Waals surface area contributed by atoms with Gasteiger partial charge >= 0.3 is 0 Å². The molecule has 0 aromatic carbocycles. The summed E-state index contributed by atoms with van der Waals surface area (Å²) in [5.74, 6) is 0.641. The maximum atomic E-state index is 12.3. The molecule has 3 rings (SSSR count). The number of nitrogens with zero attached hydrogens (tertiary/aromatic N) is 5. The highest BCUT2D eigenvalue weighted by Gasteiger charge is 2.25. The van der Waals surface area contributed by atoms with Gasteiger partial charge < -0.3 is 10.1 Å². The molecule has 1 aliphatic rings. The Hall–Kier alpha value is -3.01. The van der Waals surface area contributed by atoms with Gasteiger partial charge in [0, 0.05) is 37.5 Å². The Morgan fingerprint density at radius 1 is 1.34 bits per heavy atom. The summed E-state index contributed by atoms with van der Waals surface area (Å²) >= 11 is 6.14. The van der Waals surface area contributed by atoms with Crippen LogP contribution in [0, 0.1) is 22.7 Å². The summed E-state index contributed by atoms with van der Waals surface area (Å²) in [6.07, 6.45) is -0.447. The molecule has 0 bridgehead atoms. The van der Waals surface area contributed by atoms with E-state index in [0.29, 0.717) is 37.4 Å². The molecular weight excluding hydrogens is 402 g/mol. The van der Waals surface area contributed by atoms with E-state index in [1.165, 1.54) is 6.20 Å². The van der Waals surface area contributed by atoms with Gasteiger partial charge in [0.25, 0.3) is 6.43 Å². The van der Waals surface area contributed by atoms with Crippen molar-refractivity contribution in [2.45, 2.75) is 25.9 Å². The summed E-state index contributed by atoms with van der Waals surface area (Å²) in [6, 6.07) is 7.54. The minimum Gasteiger partial charge on any atom is -0.472 e. The van der Waals surface area contributed by atoms with Crippen LogP contribution in [0.5, 0.6) is 5.88 Å². The lowest BCUT2D eigenvalue weighted by atomic mass is 9.96. The van der Waals surface area contributed by atoms with E-state index in [9.17, 15) is 14.0 Å². The standard InChI is InChI=1S/C19H17ClF2N6O/c20-18-14(8-24)13-2-6-28(10-15(13)19(27-18)26-5-3-23)9-12-1-4-25-17(7-12)29-11-16(21)22/h1,4,7,16H,2,5-6,9-11H2,(H,26,27). The number of nitriles is 2. The van der Waals surface area contributed by atoms with E-state index in [0.717, 1.165) is 16.7 Å². The van der Waals surface area contributed by atoms with Gasteiger partial charge in [0.05, 0.1) is 11.6 Å². The third-order valence-electron chi connectivity index (χ3n) is 4.44. The average Bonchev–Trinajstić information content (AvgIpc) is 2.71. The Kier molecular flexibility index (Phi) is 6.76. The number of nitrogens with one attached hydrogen (secondary N) is 1. The second-order valence-electron chi connectivity index (χ2n) is 6.37. The van der Waals surface area contributed by atoms with Crippen LogP contribution in [0.3, 0.4) is 0 Å². The number of halogens is 3. The van der Waals surface area contributed by atoms with Gasteiger partial charge in [-0.1, -0.05) is 11.6 Å². The molecule has 0 saturated heterocycles. The van der Waals surface area contributed by atoms with Crippen molar-refractivity contribution in [2.75, 3.05) is 25.0 Å². The van der Waals surface area contributed by atoms with E-state index in [1.807, 2.05) is 6.07 Å². The number of alkyl halides is 2. The highest BCUT2D eigenvalue weighted by atomic mass is 35.5. The van der Waals surface area contributed by atoms with E-state index >= 15 is 0 Å². The first-order chi connectivity index (χ1) is 14.0. The zero-order valence-electron chi connectivity index (χ0n) is 15.3. The Morgan fingerprint density at radius 2 is 2.17 bits per heavy atom. The molecule has 29 heavy (non-hydrogen) atoms. The molecule has 0 atom stereocenters. The average molecular weight is 419 g/mol. The van der Waals surface area contributed by atoms with Crippen LogP contribution in [0.25, 0.3) is 0 Å². The lowest BCUT2D eigenvalue weighted by molar-refractivity contribution is 0.0795. The van der Waals surface area contributed by atoms with Gasteiger partial charge in [-0.2, -0.15) is 10.5 Å². The topological polar surface area (TPSA) is 97.9 Å². The van der Waals surface area contributed by atoms with Crippen molar-refractivity contribution in [3.05, 3.63) is 45.7 Å². The van der Waals surface area contributed by atoms with Gasteiger partial charge in [-0.3, -0.25) is 4.90 Å². The van der Waals surface area contributed by atoms with Gasteiger partial charge in [-0.15, -0.1) is 0 Å². The van der Waals surface area contributed by atoms with Crippen molar-refractivity contribution in [2.24, 2.45) is 0 Å². The third-order valence-corrected chi connectivity index (χ3v) is 4.71. The maximum absolute atomic E-state index is 12.3. The molecule has 150 valence electrons. The highest BCUT2D eigenvalue weighted by molar-refractivity contribution is 6.30. The molecule has 10 heteroatoms. The van der Waals surface area contributed by atoms with Crippen molar-refractivity contribution in [1.29, 1.82) is 10.5 Å². The molecule has 2 aromatic rings. The smallest absolute Gasteiger partial charge is 0.272 e. The summed E-state index contributed by atoms with van der Waals surface area (Å²) in [5, 5.41) is 21.3. The van der Waals surface area contributed by atoms with E-state index in [-0.39, 0.29) is 17.6 Å². The molecule has 0 amide bonds. The summed E-state index contributed by atoms with van der Waals surface area (Å²) in [7, 11) is 0. The van der Waals surface area contributed by atoms with Gasteiger partial charge in [-0.05, 0) is 23.6 Å². The second kappa shape index (κ2) is 9.46. The van der Waals surface area contributed by atoms with Crippen molar-refractivity contribution in [3.63, 3.8) is 0 Å². The van der Waals surface area contributed by atoms with Crippen LogP contribution in [0.2, 0.25) is 5.15 Å². The SMILES string of the molecule is N#CCNc1nc(Cl)c(C#N)c2c1CN(Cc1ccnc(OCC(F)F)c1)CC2. The lowest BCUT2D eigenvalue weighted by Gasteiger charge is -2.30. The molecule has 7 nitrogen and oxygen atoms in total. The van der Waals surface area contributed by atoms with Crippen LogP contribution in [-0.4, -0.2) is 41.0 Å². The molecule has 0 spiro atoms. The number of anilines is 1. The molecular formula is C19H17ClF2N6O. The zero-order valence-corrected chi connectivity index (χ0v) is 16.1. The molecule has 1 aliphatic heterocycles. The normalized spacial score (nSPS) is 13.4. The molecule has 2 aromatic heterocycles. The molecule has 0 saturated carbocycles. The third kappa shape index (κ3) is 5.08. The molecule has 0 unspecified atom stereocenters. The number of aromatic nitrogens is 2. The predicted octanol–water partition coefficient (Wildman–Crippen LogP) is 3.14. The van der Waals surface area contributed by atoms with Crippen molar-refractivity contribution in [3.8, 4) is 18.0 Å². The monoisotopic (exact) mass is 418 g/mol. The van der Waals surface area contributed by atoms with E-state index < -0.39 is 13.0 Å². The fourth-order valence-electron chi connectivity index (χ4n) is 3.21. The minimum absolute atomic E-state index is 0.0663. The number of rotatable bonds is 7. The Bertz CT molecular complexity index is 972. The first-order valence-electron chi connectivity index (χ1n) is 8.82. The molecule has 1 N–H and O–H groups in total. The van der Waals surface area contributed by atoms with Gasteiger partial charge in [-0.25, -0.2) is 18.7 Å². The van der Waals surface area contributed by atoms with Crippen LogP contribution in [-0.2, 0) is 19.5 Å². The zero-order chi connectivity index (χ0) is 20.8. The van der Waals surface area contributed by atoms with Crippen LogP contribution < -0.4 is 10.1 Å². The van der Waals surface area contributed by atoms with Crippen LogP contribution >= 0.6 is 11.6 Å². The number of pyridine rings is 2. The van der Waals surface area contributed by atoms with Crippen LogP contribution in [0.1, 0.15) is 22.3 Å². The van der Waals surface area contributed by atoms with E-state index in [4.69, 9.17) is 21.6 Å². The fourth-order valence-corrected chi connectivity index (χ4v) is 3.45. The summed E-state index contributed by atoms with van der Waals surface area (Å²) in [6.45, 7) is 1.07. The largest absolute Gasteiger partial charge is 0.472 e. The van der Waals surface area contributed by atoms with E-state index in [2.05, 4.69) is 26.3 Å². The summed E-state index contributed by atoms with van der Waals surface area (Å²) in [5.41, 5.74) is 2.88. The molecule has 0 radical (unpaired) electrons. The van der Waals surface area contributed by atoms with Gasteiger partial charge in [0.1, 0.15) is 23.6 Å². The Balaban J connectivity index is 1.79. The molecule has 0 fully saturated rings. The van der Waals surface area contributed by atoms with Gasteiger partial charge in [0.15, 0.2) is 6.61 Å². The summed E-state index contributed by atoms with van der Waals surface area (Å²) in [4.78, 5) is 10.3. The summed E-state index contributed by atoms with van der Waals surface area (Å²) < 4.78 is 29.6. The van der Waals surface area contributed by atoms with Crippen LogP contribution in [0.15, 0.2) is 18.3 Å².